The van der Waals surface area contributed by atoms with E-state index in [1.165, 1.54) is 6.07 Å². The summed E-state index contributed by atoms with van der Waals surface area (Å²) >= 11 is 0. The van der Waals surface area contributed by atoms with Crippen molar-refractivity contribution in [2.45, 2.75) is 19.4 Å². The van der Waals surface area contributed by atoms with Crippen molar-refractivity contribution in [3.05, 3.63) is 64.0 Å². The summed E-state index contributed by atoms with van der Waals surface area (Å²) in [5, 5.41) is 25.1. The summed E-state index contributed by atoms with van der Waals surface area (Å²) in [6.45, 7) is 2.13. The Morgan fingerprint density at radius 3 is 2.77 bits per heavy atom. The second-order valence-electron chi connectivity index (χ2n) is 6.55. The van der Waals surface area contributed by atoms with Crippen molar-refractivity contribution in [2.24, 2.45) is 5.18 Å². The Hall–Kier alpha value is -3.94. The van der Waals surface area contributed by atoms with Gasteiger partial charge in [0.1, 0.15) is 29.0 Å². The SMILES string of the molecule is C[C@H](CNC(=O)c1cc(CCN=O)[nH]n1)n1ccc(-c2cc(F)c(C#N)c(F)c2)n1. The van der Waals surface area contributed by atoms with Gasteiger partial charge in [-0.25, -0.2) is 8.78 Å². The Morgan fingerprint density at radius 1 is 1.37 bits per heavy atom. The molecule has 1 atom stereocenters. The molecule has 0 aliphatic rings. The number of hydrogen-bond donors (Lipinski definition) is 2. The van der Waals surface area contributed by atoms with E-state index in [4.69, 9.17) is 5.26 Å². The van der Waals surface area contributed by atoms with Crippen LogP contribution >= 0.6 is 0 Å². The predicted octanol–water partition coefficient (Wildman–Crippen LogP) is 2.72. The molecule has 0 saturated carbocycles. The predicted molar refractivity (Wildman–Crippen MR) is 102 cm³/mol. The van der Waals surface area contributed by atoms with E-state index >= 15 is 0 Å². The zero-order valence-electron chi connectivity index (χ0n) is 15.9. The van der Waals surface area contributed by atoms with E-state index in [2.05, 4.69) is 25.8 Å². The number of rotatable bonds is 8. The van der Waals surface area contributed by atoms with Crippen molar-refractivity contribution in [3.63, 3.8) is 0 Å². The lowest BCUT2D eigenvalue weighted by Gasteiger charge is -2.12. The lowest BCUT2D eigenvalue weighted by atomic mass is 10.1. The van der Waals surface area contributed by atoms with Gasteiger partial charge in [-0.1, -0.05) is 5.18 Å². The third-order valence-corrected chi connectivity index (χ3v) is 4.40. The van der Waals surface area contributed by atoms with Gasteiger partial charge in [0.25, 0.3) is 5.91 Å². The number of carbonyl (C=O) groups excluding carboxylic acids is 1. The van der Waals surface area contributed by atoms with Gasteiger partial charge in [0.2, 0.25) is 0 Å². The van der Waals surface area contributed by atoms with Crippen LogP contribution in [0.1, 0.15) is 34.7 Å². The highest BCUT2D eigenvalue weighted by Gasteiger charge is 2.16. The number of amides is 1. The van der Waals surface area contributed by atoms with Crippen LogP contribution in [-0.4, -0.2) is 39.0 Å². The van der Waals surface area contributed by atoms with Gasteiger partial charge in [-0.2, -0.15) is 20.4 Å². The third-order valence-electron chi connectivity index (χ3n) is 4.40. The van der Waals surface area contributed by atoms with Gasteiger partial charge >= 0.3 is 0 Å². The molecular formula is C19H17F2N7O2. The zero-order valence-corrected chi connectivity index (χ0v) is 15.9. The molecule has 0 saturated heterocycles. The fraction of sp³-hybridized carbons (Fsp3) is 0.263. The van der Waals surface area contributed by atoms with Crippen LogP contribution in [0.15, 0.2) is 35.6 Å². The van der Waals surface area contributed by atoms with E-state index in [1.54, 1.807) is 23.0 Å². The fourth-order valence-electron chi connectivity index (χ4n) is 2.76. The van der Waals surface area contributed by atoms with Crippen molar-refractivity contribution in [3.8, 4) is 17.3 Å². The number of nitrogens with zero attached hydrogens (tertiary/aromatic N) is 5. The highest BCUT2D eigenvalue weighted by molar-refractivity contribution is 5.92. The number of aromatic nitrogens is 4. The average Bonchev–Trinajstić information content (AvgIpc) is 3.40. The number of halogens is 2. The Labute approximate surface area is 169 Å². The van der Waals surface area contributed by atoms with Gasteiger partial charge in [-0.3, -0.25) is 14.6 Å². The third kappa shape index (κ3) is 4.54. The minimum absolute atomic E-state index is 0.0922. The summed E-state index contributed by atoms with van der Waals surface area (Å²) in [5.41, 5.74) is 0.710. The average molecular weight is 413 g/mol. The van der Waals surface area contributed by atoms with Gasteiger partial charge in [0.15, 0.2) is 0 Å². The zero-order chi connectivity index (χ0) is 21.7. The maximum absolute atomic E-state index is 13.8. The second-order valence-corrected chi connectivity index (χ2v) is 6.55. The first kappa shape index (κ1) is 20.8. The molecule has 0 bridgehead atoms. The lowest BCUT2D eigenvalue weighted by molar-refractivity contribution is 0.0943. The summed E-state index contributed by atoms with van der Waals surface area (Å²) in [4.78, 5) is 22.4. The van der Waals surface area contributed by atoms with Gasteiger partial charge in [-0.05, 0) is 31.2 Å². The molecule has 2 aromatic heterocycles. The second kappa shape index (κ2) is 9.04. The molecule has 11 heteroatoms. The fourth-order valence-corrected chi connectivity index (χ4v) is 2.76. The van der Waals surface area contributed by atoms with Gasteiger partial charge in [0.05, 0.1) is 18.3 Å². The first-order chi connectivity index (χ1) is 14.4. The van der Waals surface area contributed by atoms with Crippen molar-refractivity contribution < 1.29 is 13.6 Å². The molecule has 0 spiro atoms. The van der Waals surface area contributed by atoms with Crippen LogP contribution in [0.5, 0.6) is 0 Å². The van der Waals surface area contributed by atoms with Gasteiger partial charge in [0, 0.05) is 30.4 Å². The number of nitrogens with one attached hydrogen (secondary N) is 2. The number of nitriles is 1. The lowest BCUT2D eigenvalue weighted by Crippen LogP contribution is -2.30. The summed E-state index contributed by atoms with van der Waals surface area (Å²) in [7, 11) is 0. The molecule has 1 aromatic carbocycles. The van der Waals surface area contributed by atoms with Crippen molar-refractivity contribution in [1.29, 1.82) is 5.26 Å². The molecule has 0 aliphatic heterocycles. The molecule has 9 nitrogen and oxygen atoms in total. The summed E-state index contributed by atoms with van der Waals surface area (Å²) in [6.07, 6.45) is 1.99. The summed E-state index contributed by atoms with van der Waals surface area (Å²) in [6, 6.07) is 6.45. The van der Waals surface area contributed by atoms with E-state index in [0.717, 1.165) is 12.1 Å². The minimum Gasteiger partial charge on any atom is -0.349 e. The summed E-state index contributed by atoms with van der Waals surface area (Å²) < 4.78 is 29.2. The maximum Gasteiger partial charge on any atom is 0.271 e. The molecule has 30 heavy (non-hydrogen) atoms. The van der Waals surface area contributed by atoms with E-state index < -0.39 is 23.1 Å². The minimum atomic E-state index is -0.954. The van der Waals surface area contributed by atoms with E-state index in [9.17, 15) is 18.5 Å². The number of hydrogen-bond acceptors (Lipinski definition) is 6. The molecule has 3 rings (SSSR count). The Morgan fingerprint density at radius 2 is 2.10 bits per heavy atom. The van der Waals surface area contributed by atoms with Gasteiger partial charge < -0.3 is 5.32 Å². The number of benzene rings is 1. The molecule has 2 N–H and O–H groups in total. The molecule has 154 valence electrons. The van der Waals surface area contributed by atoms with Crippen molar-refractivity contribution in [1.82, 2.24) is 25.3 Å². The molecule has 0 unspecified atom stereocenters. The molecule has 2 heterocycles. The van der Waals surface area contributed by atoms with E-state index in [1.807, 2.05) is 6.92 Å². The molecule has 0 aliphatic carbocycles. The molecule has 0 radical (unpaired) electrons. The van der Waals surface area contributed by atoms with E-state index in [-0.39, 0.29) is 30.4 Å². The van der Waals surface area contributed by atoms with Crippen molar-refractivity contribution >= 4 is 5.91 Å². The van der Waals surface area contributed by atoms with Crippen molar-refractivity contribution in [2.75, 3.05) is 13.1 Å². The van der Waals surface area contributed by atoms with Crippen LogP contribution in [-0.2, 0) is 6.42 Å². The van der Waals surface area contributed by atoms with Crippen LogP contribution in [0.4, 0.5) is 8.78 Å². The highest BCUT2D eigenvalue weighted by Crippen LogP contribution is 2.23. The van der Waals surface area contributed by atoms with Crippen LogP contribution in [0.3, 0.4) is 0 Å². The largest absolute Gasteiger partial charge is 0.349 e. The highest BCUT2D eigenvalue weighted by atomic mass is 19.1. The number of H-pyrrole nitrogens is 1. The first-order valence-corrected chi connectivity index (χ1v) is 8.99. The maximum atomic E-state index is 13.8. The first-order valence-electron chi connectivity index (χ1n) is 8.99. The smallest absolute Gasteiger partial charge is 0.271 e. The Bertz CT molecular complexity index is 1090. The normalized spacial score (nSPS) is 11.7. The van der Waals surface area contributed by atoms with Crippen LogP contribution in [0, 0.1) is 27.9 Å². The van der Waals surface area contributed by atoms with Crippen LogP contribution < -0.4 is 5.32 Å². The number of aromatic amines is 1. The molecule has 0 fully saturated rings. The standard InChI is InChI=1S/C19H17F2N7O2/c1-11(10-23-19(29)18-8-13(25-26-18)2-4-24-30)28-5-3-17(27-28)12-6-15(20)14(9-22)16(21)7-12/h3,5-8,11H,2,4,10H2,1H3,(H,23,29)(H,25,26)/t11-/m1/s1. The topological polar surface area (TPSA) is 129 Å². The number of nitroso groups, excluding NO2 is 1. The Kier molecular flexibility index (Phi) is 6.26. The molecule has 3 aromatic rings. The van der Waals surface area contributed by atoms with Gasteiger partial charge in [-0.15, -0.1) is 0 Å². The van der Waals surface area contributed by atoms with Crippen LogP contribution in [0.25, 0.3) is 11.3 Å². The quantitative estimate of drug-likeness (QED) is 0.549. The monoisotopic (exact) mass is 413 g/mol. The number of carbonyl (C=O) groups is 1. The molecular weight excluding hydrogens is 396 g/mol. The summed E-state index contributed by atoms with van der Waals surface area (Å²) in [5.74, 6) is -2.30. The Balaban J connectivity index is 1.63. The van der Waals surface area contributed by atoms with Crippen LogP contribution in [0.2, 0.25) is 0 Å². The van der Waals surface area contributed by atoms with E-state index in [0.29, 0.717) is 17.8 Å². The molecule has 1 amide bonds.